The summed E-state index contributed by atoms with van der Waals surface area (Å²) in [4.78, 5) is 4.39. The van der Waals surface area contributed by atoms with E-state index in [1.807, 2.05) is 78.9 Å². The summed E-state index contributed by atoms with van der Waals surface area (Å²) in [5.74, 6) is 0.577. The van der Waals surface area contributed by atoms with Crippen LogP contribution in [0.25, 0.3) is 11.1 Å². The topological polar surface area (TPSA) is 54.7 Å². The predicted molar refractivity (Wildman–Crippen MR) is 128 cm³/mol. The van der Waals surface area contributed by atoms with Gasteiger partial charge in [0.15, 0.2) is 0 Å². The third-order valence-electron chi connectivity index (χ3n) is 4.62. The molecule has 0 radical (unpaired) electrons. The summed E-state index contributed by atoms with van der Waals surface area (Å²) in [7, 11) is 1.58. The van der Waals surface area contributed by atoms with Crippen molar-refractivity contribution < 1.29 is 9.47 Å². The van der Waals surface area contributed by atoms with Crippen molar-refractivity contribution >= 4 is 23.1 Å². The van der Waals surface area contributed by atoms with E-state index in [-0.39, 0.29) is 12.4 Å². The molecule has 158 valence electrons. The molecule has 0 heterocycles. The van der Waals surface area contributed by atoms with Crippen LogP contribution in [0.3, 0.4) is 0 Å². The molecule has 3 aromatic carbocycles. The third-order valence-corrected chi connectivity index (χ3v) is 4.93. The average Bonchev–Trinajstić information content (AvgIpc) is 2.78. The van der Waals surface area contributed by atoms with Crippen LogP contribution in [0.1, 0.15) is 11.1 Å². The number of methoxy groups -OCH3 is 1. The SMILES string of the molecule is C=C(OCc1ccccc1)C(COC)=NC(=N)Cc1ccc(-c2ccccc2)c(Cl)c1. The first kappa shape index (κ1) is 22.5. The molecular weight excluding hydrogens is 408 g/mol. The Morgan fingerprint density at radius 3 is 2.29 bits per heavy atom. The third kappa shape index (κ3) is 6.64. The monoisotopic (exact) mass is 432 g/mol. The number of halogens is 1. The summed E-state index contributed by atoms with van der Waals surface area (Å²) in [6.45, 7) is 4.55. The smallest absolute Gasteiger partial charge is 0.136 e. The molecule has 31 heavy (non-hydrogen) atoms. The Morgan fingerprint density at radius 1 is 0.968 bits per heavy atom. The van der Waals surface area contributed by atoms with Gasteiger partial charge >= 0.3 is 0 Å². The zero-order chi connectivity index (χ0) is 22.1. The van der Waals surface area contributed by atoms with E-state index in [1.54, 1.807) is 7.11 Å². The van der Waals surface area contributed by atoms with Crippen molar-refractivity contribution in [3.05, 3.63) is 107 Å². The summed E-state index contributed by atoms with van der Waals surface area (Å²) < 4.78 is 11.0. The quantitative estimate of drug-likeness (QED) is 0.243. The molecule has 0 amide bonds. The van der Waals surface area contributed by atoms with Crippen molar-refractivity contribution in [2.75, 3.05) is 13.7 Å². The van der Waals surface area contributed by atoms with Gasteiger partial charge in [-0.25, -0.2) is 4.99 Å². The number of nitrogens with zero attached hydrogens (tertiary/aromatic N) is 1. The van der Waals surface area contributed by atoms with E-state index in [1.165, 1.54) is 0 Å². The van der Waals surface area contributed by atoms with Crippen molar-refractivity contribution in [2.24, 2.45) is 4.99 Å². The minimum atomic E-state index is 0.181. The van der Waals surface area contributed by atoms with Gasteiger partial charge in [0.1, 0.15) is 23.9 Å². The van der Waals surface area contributed by atoms with E-state index in [2.05, 4.69) is 11.6 Å². The summed E-state index contributed by atoms with van der Waals surface area (Å²) >= 11 is 6.49. The van der Waals surface area contributed by atoms with Crippen LogP contribution in [0.4, 0.5) is 0 Å². The van der Waals surface area contributed by atoms with Gasteiger partial charge in [-0.2, -0.15) is 0 Å². The van der Waals surface area contributed by atoms with Gasteiger partial charge in [-0.3, -0.25) is 5.41 Å². The number of aliphatic imine (C=N–C) groups is 1. The number of hydrogen-bond acceptors (Lipinski definition) is 3. The molecular formula is C26H25ClN2O2. The Labute approximate surface area is 188 Å². The molecule has 3 aromatic rings. The van der Waals surface area contributed by atoms with Crippen LogP contribution in [-0.4, -0.2) is 25.3 Å². The van der Waals surface area contributed by atoms with Crippen molar-refractivity contribution in [3.8, 4) is 11.1 Å². The van der Waals surface area contributed by atoms with Crippen molar-refractivity contribution in [3.63, 3.8) is 0 Å². The predicted octanol–water partition coefficient (Wildman–Crippen LogP) is 6.34. The fourth-order valence-electron chi connectivity index (χ4n) is 3.06. The van der Waals surface area contributed by atoms with Crippen LogP contribution in [0.2, 0.25) is 5.02 Å². The van der Waals surface area contributed by atoms with Crippen LogP contribution in [-0.2, 0) is 22.5 Å². The molecule has 4 nitrogen and oxygen atoms in total. The van der Waals surface area contributed by atoms with Crippen LogP contribution in [0, 0.1) is 5.41 Å². The Hall–Kier alpha value is -3.21. The molecule has 0 unspecified atom stereocenters. The number of nitrogens with one attached hydrogen (secondary N) is 1. The lowest BCUT2D eigenvalue weighted by Gasteiger charge is -2.12. The number of amidine groups is 1. The Morgan fingerprint density at radius 2 is 1.65 bits per heavy atom. The van der Waals surface area contributed by atoms with Crippen LogP contribution >= 0.6 is 11.6 Å². The van der Waals surface area contributed by atoms with Gasteiger partial charge in [-0.1, -0.05) is 91.0 Å². The first-order valence-corrected chi connectivity index (χ1v) is 10.3. The summed E-state index contributed by atoms with van der Waals surface area (Å²) in [6.07, 6.45) is 0.341. The van der Waals surface area contributed by atoms with Crippen LogP contribution < -0.4 is 0 Å². The summed E-state index contributed by atoms with van der Waals surface area (Å²) in [5.41, 5.74) is 4.45. The van der Waals surface area contributed by atoms with E-state index in [0.717, 1.165) is 22.3 Å². The fourth-order valence-corrected chi connectivity index (χ4v) is 3.37. The van der Waals surface area contributed by atoms with Gasteiger partial charge in [0.05, 0.1) is 6.61 Å². The number of hydrogen-bond donors (Lipinski definition) is 1. The Balaban J connectivity index is 1.67. The second kappa shape index (κ2) is 11.3. The highest BCUT2D eigenvalue weighted by molar-refractivity contribution is 6.33. The molecule has 0 spiro atoms. The lowest BCUT2D eigenvalue weighted by molar-refractivity contribution is 0.206. The maximum absolute atomic E-state index is 8.33. The zero-order valence-corrected chi connectivity index (χ0v) is 18.2. The highest BCUT2D eigenvalue weighted by Gasteiger charge is 2.10. The summed E-state index contributed by atoms with van der Waals surface area (Å²) in [6, 6.07) is 25.6. The number of benzene rings is 3. The lowest BCUT2D eigenvalue weighted by atomic mass is 10.0. The maximum Gasteiger partial charge on any atom is 0.136 e. The van der Waals surface area contributed by atoms with Gasteiger partial charge in [0.25, 0.3) is 0 Å². The molecule has 0 aliphatic rings. The van der Waals surface area contributed by atoms with Crippen LogP contribution in [0.15, 0.2) is 96.2 Å². The van der Waals surface area contributed by atoms with E-state index >= 15 is 0 Å². The Bertz CT molecular complexity index is 1060. The minimum Gasteiger partial charge on any atom is -0.488 e. The largest absolute Gasteiger partial charge is 0.488 e. The molecule has 0 saturated carbocycles. The summed E-state index contributed by atoms with van der Waals surface area (Å²) in [5, 5.41) is 8.98. The lowest BCUT2D eigenvalue weighted by Crippen LogP contribution is -2.15. The second-order valence-electron chi connectivity index (χ2n) is 6.99. The Kier molecular flexibility index (Phi) is 8.16. The normalized spacial score (nSPS) is 11.2. The van der Waals surface area contributed by atoms with E-state index in [0.29, 0.717) is 29.5 Å². The first-order valence-electron chi connectivity index (χ1n) is 9.90. The molecule has 0 saturated heterocycles. The zero-order valence-electron chi connectivity index (χ0n) is 17.5. The van der Waals surface area contributed by atoms with Crippen molar-refractivity contribution in [1.29, 1.82) is 5.41 Å². The van der Waals surface area contributed by atoms with Gasteiger partial charge in [0, 0.05) is 24.1 Å². The van der Waals surface area contributed by atoms with Crippen LogP contribution in [0.5, 0.6) is 0 Å². The molecule has 0 aromatic heterocycles. The first-order chi connectivity index (χ1) is 15.1. The van der Waals surface area contributed by atoms with Gasteiger partial charge in [0.2, 0.25) is 0 Å². The second-order valence-corrected chi connectivity index (χ2v) is 7.40. The standard InChI is InChI=1S/C26H25ClN2O2/c1-19(31-17-20-9-5-3-6-10-20)25(18-30-2)29-26(28)16-21-13-14-23(24(27)15-21)22-11-7-4-8-12-22/h3-15,28H,1,16-18H2,2H3. The number of rotatable bonds is 9. The molecule has 5 heteroatoms. The minimum absolute atomic E-state index is 0.181. The van der Waals surface area contributed by atoms with E-state index < -0.39 is 0 Å². The number of ether oxygens (including phenoxy) is 2. The fraction of sp³-hybridized carbons (Fsp3) is 0.154. The molecule has 0 bridgehead atoms. The van der Waals surface area contributed by atoms with Crippen molar-refractivity contribution in [1.82, 2.24) is 0 Å². The molecule has 0 aliphatic carbocycles. The van der Waals surface area contributed by atoms with Gasteiger partial charge in [-0.15, -0.1) is 0 Å². The van der Waals surface area contributed by atoms with E-state index in [4.69, 9.17) is 26.5 Å². The molecule has 0 atom stereocenters. The highest BCUT2D eigenvalue weighted by atomic mass is 35.5. The van der Waals surface area contributed by atoms with Gasteiger partial charge in [-0.05, 0) is 22.8 Å². The molecule has 0 fully saturated rings. The molecule has 3 rings (SSSR count). The van der Waals surface area contributed by atoms with Gasteiger partial charge < -0.3 is 9.47 Å². The van der Waals surface area contributed by atoms with E-state index in [9.17, 15) is 0 Å². The average molecular weight is 433 g/mol. The van der Waals surface area contributed by atoms with Crippen molar-refractivity contribution in [2.45, 2.75) is 13.0 Å². The highest BCUT2D eigenvalue weighted by Crippen LogP contribution is 2.28. The molecule has 1 N–H and O–H groups in total. The maximum atomic E-state index is 8.33. The molecule has 0 aliphatic heterocycles.